The van der Waals surface area contributed by atoms with E-state index in [2.05, 4.69) is 20.8 Å². The minimum atomic E-state index is -1.09. The fourth-order valence-electron chi connectivity index (χ4n) is 2.37. The zero-order chi connectivity index (χ0) is 14.2. The van der Waals surface area contributed by atoms with Gasteiger partial charge in [-0.05, 0) is 17.8 Å². The monoisotopic (exact) mass is 265 g/mol. The Kier molecular flexibility index (Phi) is 3.39. The summed E-state index contributed by atoms with van der Waals surface area (Å²) in [5, 5.41) is 8.81. The molecule has 2 heterocycles. The molecule has 1 fully saturated rings. The van der Waals surface area contributed by atoms with Crippen LogP contribution in [0.3, 0.4) is 0 Å². The van der Waals surface area contributed by atoms with Crippen molar-refractivity contribution in [3.05, 3.63) is 23.7 Å². The lowest BCUT2D eigenvalue weighted by atomic mass is 9.80. The third-order valence-corrected chi connectivity index (χ3v) is 3.76. The van der Waals surface area contributed by atoms with E-state index in [-0.39, 0.29) is 22.6 Å². The maximum absolute atomic E-state index is 12.2. The number of rotatable bonds is 2. The van der Waals surface area contributed by atoms with E-state index in [0.29, 0.717) is 19.0 Å². The lowest BCUT2D eigenvalue weighted by Gasteiger charge is -2.26. The molecule has 0 aliphatic carbocycles. The third-order valence-electron chi connectivity index (χ3n) is 3.76. The summed E-state index contributed by atoms with van der Waals surface area (Å²) >= 11 is 0. The number of amides is 1. The number of carbonyl (C=O) groups is 2. The summed E-state index contributed by atoms with van der Waals surface area (Å²) in [6.45, 7) is 7.90. The first-order valence-electron chi connectivity index (χ1n) is 6.40. The van der Waals surface area contributed by atoms with Crippen LogP contribution in [0.5, 0.6) is 0 Å². The van der Waals surface area contributed by atoms with Crippen LogP contribution in [0.1, 0.15) is 48.1 Å². The first-order valence-corrected chi connectivity index (χ1v) is 6.40. The second kappa shape index (κ2) is 4.72. The van der Waals surface area contributed by atoms with Gasteiger partial charge in [-0.1, -0.05) is 20.8 Å². The van der Waals surface area contributed by atoms with Crippen molar-refractivity contribution in [2.24, 2.45) is 11.3 Å². The number of hydrogen-bond acceptors (Lipinski definition) is 3. The van der Waals surface area contributed by atoms with Crippen molar-refractivity contribution in [1.29, 1.82) is 0 Å². The van der Waals surface area contributed by atoms with E-state index in [4.69, 9.17) is 9.52 Å². The fourth-order valence-corrected chi connectivity index (χ4v) is 2.37. The van der Waals surface area contributed by atoms with Crippen molar-refractivity contribution in [3.63, 3.8) is 0 Å². The third kappa shape index (κ3) is 2.80. The molecule has 1 N–H and O–H groups in total. The number of carboxylic acids is 1. The van der Waals surface area contributed by atoms with E-state index in [0.717, 1.165) is 12.7 Å². The molecule has 1 atom stereocenters. The molecule has 0 bridgehead atoms. The number of likely N-dealkylation sites (tertiary alicyclic amines) is 1. The smallest absolute Gasteiger partial charge is 0.338 e. The summed E-state index contributed by atoms with van der Waals surface area (Å²) < 4.78 is 5.05. The van der Waals surface area contributed by atoms with Crippen LogP contribution in [0.25, 0.3) is 0 Å². The van der Waals surface area contributed by atoms with Gasteiger partial charge in [0.1, 0.15) is 6.26 Å². The Morgan fingerprint density at radius 3 is 2.58 bits per heavy atom. The van der Waals surface area contributed by atoms with Crippen molar-refractivity contribution in [2.75, 3.05) is 13.1 Å². The topological polar surface area (TPSA) is 70.8 Å². The van der Waals surface area contributed by atoms with E-state index < -0.39 is 5.97 Å². The molecule has 5 nitrogen and oxygen atoms in total. The van der Waals surface area contributed by atoms with Gasteiger partial charge in [0.05, 0.1) is 5.56 Å². The lowest BCUT2D eigenvalue weighted by Crippen LogP contribution is -2.30. The summed E-state index contributed by atoms with van der Waals surface area (Å²) in [6, 6.07) is 1.29. The summed E-state index contributed by atoms with van der Waals surface area (Å²) in [5.41, 5.74) is 0.180. The van der Waals surface area contributed by atoms with Crippen molar-refractivity contribution < 1.29 is 19.1 Å². The molecule has 1 aromatic rings. The van der Waals surface area contributed by atoms with Crippen LogP contribution >= 0.6 is 0 Å². The van der Waals surface area contributed by atoms with Crippen LogP contribution in [0.4, 0.5) is 0 Å². The molecule has 1 unspecified atom stereocenters. The van der Waals surface area contributed by atoms with Gasteiger partial charge in [-0.3, -0.25) is 4.79 Å². The number of carboxylic acid groups (broad SMARTS) is 1. The van der Waals surface area contributed by atoms with Crippen molar-refractivity contribution in [3.8, 4) is 0 Å². The van der Waals surface area contributed by atoms with Crippen molar-refractivity contribution in [2.45, 2.75) is 27.2 Å². The first kappa shape index (κ1) is 13.6. The maximum Gasteiger partial charge on any atom is 0.338 e. The van der Waals surface area contributed by atoms with Crippen LogP contribution in [0.2, 0.25) is 0 Å². The van der Waals surface area contributed by atoms with E-state index in [1.165, 1.54) is 6.07 Å². The Balaban J connectivity index is 2.07. The number of aromatic carboxylic acids is 1. The molecule has 1 saturated heterocycles. The molecule has 2 rings (SSSR count). The van der Waals surface area contributed by atoms with E-state index in [1.54, 1.807) is 4.90 Å². The highest BCUT2D eigenvalue weighted by molar-refractivity contribution is 5.95. The molecule has 0 radical (unpaired) electrons. The number of carbonyl (C=O) groups excluding carboxylic acids is 1. The molecule has 5 heteroatoms. The molecule has 0 aromatic carbocycles. The fraction of sp³-hybridized carbons (Fsp3) is 0.571. The summed E-state index contributed by atoms with van der Waals surface area (Å²) in [7, 11) is 0. The Labute approximate surface area is 112 Å². The molecule has 19 heavy (non-hydrogen) atoms. The second-order valence-corrected chi connectivity index (χ2v) is 6.11. The standard InChI is InChI=1S/C14H19NO4/c1-14(2,3)10-4-5-15(7-10)12(16)11-6-9(8-19-11)13(17)18/h6,8,10H,4-5,7H2,1-3H3,(H,17,18). The Morgan fingerprint density at radius 1 is 1.42 bits per heavy atom. The van der Waals surface area contributed by atoms with E-state index in [1.807, 2.05) is 0 Å². The number of furan rings is 1. The summed E-state index contributed by atoms with van der Waals surface area (Å²) in [6.07, 6.45) is 2.08. The van der Waals surface area contributed by atoms with Gasteiger partial charge in [0.2, 0.25) is 0 Å². The normalized spacial score (nSPS) is 19.7. The SMILES string of the molecule is CC(C)(C)C1CCN(C(=O)c2cc(C(=O)O)co2)C1. The van der Waals surface area contributed by atoms with Crippen LogP contribution in [-0.2, 0) is 0 Å². The first-order chi connectivity index (χ1) is 8.79. The highest BCUT2D eigenvalue weighted by atomic mass is 16.4. The minimum absolute atomic E-state index is 0.00918. The Bertz CT molecular complexity index is 498. The number of nitrogens with zero attached hydrogens (tertiary/aromatic N) is 1. The Morgan fingerprint density at radius 2 is 2.11 bits per heavy atom. The molecular formula is C14H19NO4. The van der Waals surface area contributed by atoms with E-state index in [9.17, 15) is 9.59 Å². The van der Waals surface area contributed by atoms with Crippen molar-refractivity contribution in [1.82, 2.24) is 4.90 Å². The Hall–Kier alpha value is -1.78. The lowest BCUT2D eigenvalue weighted by molar-refractivity contribution is 0.0694. The minimum Gasteiger partial charge on any atom is -0.478 e. The molecule has 1 aromatic heterocycles. The largest absolute Gasteiger partial charge is 0.478 e. The van der Waals surface area contributed by atoms with Gasteiger partial charge >= 0.3 is 5.97 Å². The summed E-state index contributed by atoms with van der Waals surface area (Å²) in [4.78, 5) is 24.7. The van der Waals surface area contributed by atoms with Gasteiger partial charge in [0.15, 0.2) is 5.76 Å². The molecule has 1 aliphatic rings. The van der Waals surface area contributed by atoms with Gasteiger partial charge in [-0.2, -0.15) is 0 Å². The molecule has 0 spiro atoms. The van der Waals surface area contributed by atoms with Crippen LogP contribution in [0, 0.1) is 11.3 Å². The van der Waals surface area contributed by atoms with Crippen LogP contribution in [-0.4, -0.2) is 35.0 Å². The van der Waals surface area contributed by atoms with Crippen molar-refractivity contribution >= 4 is 11.9 Å². The van der Waals surface area contributed by atoms with Crippen LogP contribution < -0.4 is 0 Å². The van der Waals surface area contributed by atoms with Gasteiger partial charge in [-0.15, -0.1) is 0 Å². The van der Waals surface area contributed by atoms with E-state index >= 15 is 0 Å². The summed E-state index contributed by atoms with van der Waals surface area (Å²) in [5.74, 6) is -0.742. The van der Waals surface area contributed by atoms with Crippen LogP contribution in [0.15, 0.2) is 16.7 Å². The predicted molar refractivity (Wildman–Crippen MR) is 69.1 cm³/mol. The average Bonchev–Trinajstić information content (AvgIpc) is 2.97. The van der Waals surface area contributed by atoms with Gasteiger partial charge in [0.25, 0.3) is 5.91 Å². The molecular weight excluding hydrogens is 246 g/mol. The number of hydrogen-bond donors (Lipinski definition) is 1. The van der Waals surface area contributed by atoms with Gasteiger partial charge < -0.3 is 14.4 Å². The molecule has 1 amide bonds. The highest BCUT2D eigenvalue weighted by Crippen LogP contribution is 2.34. The quantitative estimate of drug-likeness (QED) is 0.891. The van der Waals surface area contributed by atoms with Gasteiger partial charge in [-0.25, -0.2) is 4.79 Å². The van der Waals surface area contributed by atoms with Gasteiger partial charge in [0, 0.05) is 19.2 Å². The molecule has 1 aliphatic heterocycles. The highest BCUT2D eigenvalue weighted by Gasteiger charge is 2.35. The maximum atomic E-state index is 12.2. The average molecular weight is 265 g/mol. The molecule has 0 saturated carbocycles. The zero-order valence-electron chi connectivity index (χ0n) is 11.5. The predicted octanol–water partition coefficient (Wildman–Crippen LogP) is 2.49. The second-order valence-electron chi connectivity index (χ2n) is 6.11. The molecule has 104 valence electrons. The zero-order valence-corrected chi connectivity index (χ0v) is 11.5.